The van der Waals surface area contributed by atoms with Crippen molar-refractivity contribution in [1.29, 1.82) is 0 Å². The molecule has 80 valence electrons. The number of nitrogens with one attached hydrogen (secondary N) is 1. The molecule has 2 fully saturated rings. The van der Waals surface area contributed by atoms with E-state index >= 15 is 0 Å². The number of hydrogen-bond acceptors (Lipinski definition) is 3. The zero-order valence-corrected chi connectivity index (χ0v) is 8.66. The summed E-state index contributed by atoms with van der Waals surface area (Å²) >= 11 is 0. The van der Waals surface area contributed by atoms with Crippen molar-refractivity contribution < 1.29 is 9.63 Å². The molecule has 2 heterocycles. The molecule has 2 atom stereocenters. The number of amides is 1. The van der Waals surface area contributed by atoms with Crippen LogP contribution in [-0.4, -0.2) is 37.2 Å². The second-order valence-electron chi connectivity index (χ2n) is 4.32. The number of carbonyl (C=O) groups excluding carboxylic acids is 1. The molecule has 1 amide bonds. The molecular weight excluding hydrogens is 180 g/mol. The molecule has 0 spiro atoms. The summed E-state index contributed by atoms with van der Waals surface area (Å²) in [5.41, 5.74) is 0. The number of hydroxylamine groups is 2. The average Bonchev–Trinajstić information content (AvgIpc) is 2.69. The molecule has 2 rings (SSSR count). The molecular formula is C10H18N2O2. The lowest BCUT2D eigenvalue weighted by molar-refractivity contribution is -0.174. The number of hydrogen-bond donors (Lipinski definition) is 1. The molecule has 0 aliphatic carbocycles. The van der Waals surface area contributed by atoms with Crippen LogP contribution < -0.4 is 5.32 Å². The monoisotopic (exact) mass is 198 g/mol. The van der Waals surface area contributed by atoms with Gasteiger partial charge in [0.25, 0.3) is 5.91 Å². The summed E-state index contributed by atoms with van der Waals surface area (Å²) in [5.74, 6) is 0.888. The third-order valence-electron chi connectivity index (χ3n) is 2.92. The topological polar surface area (TPSA) is 41.6 Å². The van der Waals surface area contributed by atoms with Crippen molar-refractivity contribution in [2.24, 2.45) is 11.8 Å². The fourth-order valence-corrected chi connectivity index (χ4v) is 2.17. The first kappa shape index (κ1) is 9.93. The second kappa shape index (κ2) is 4.28. The standard InChI is InChI=1S/C10H18N2O2/c1-8-5-9(7-11-6-8)10(13)12-3-2-4-14-12/h8-9,11H,2-7H2,1H3. The summed E-state index contributed by atoms with van der Waals surface area (Å²) in [4.78, 5) is 17.2. The van der Waals surface area contributed by atoms with E-state index in [0.717, 1.165) is 32.5 Å². The van der Waals surface area contributed by atoms with Crippen LogP contribution in [0.3, 0.4) is 0 Å². The van der Waals surface area contributed by atoms with Crippen molar-refractivity contribution >= 4 is 5.91 Å². The third kappa shape index (κ3) is 2.07. The lowest BCUT2D eigenvalue weighted by Gasteiger charge is -2.29. The summed E-state index contributed by atoms with van der Waals surface area (Å²) in [6, 6.07) is 0. The highest BCUT2D eigenvalue weighted by Gasteiger charge is 2.30. The zero-order chi connectivity index (χ0) is 9.97. The minimum atomic E-state index is 0.122. The van der Waals surface area contributed by atoms with Gasteiger partial charge in [-0.2, -0.15) is 0 Å². The third-order valence-corrected chi connectivity index (χ3v) is 2.92. The summed E-state index contributed by atoms with van der Waals surface area (Å²) in [5, 5.41) is 4.83. The number of rotatable bonds is 1. The molecule has 0 aromatic carbocycles. The van der Waals surface area contributed by atoms with Gasteiger partial charge in [-0.05, 0) is 25.3 Å². The maximum Gasteiger partial charge on any atom is 0.250 e. The Morgan fingerprint density at radius 3 is 3.00 bits per heavy atom. The quantitative estimate of drug-likeness (QED) is 0.663. The van der Waals surface area contributed by atoms with Gasteiger partial charge in [-0.3, -0.25) is 9.63 Å². The molecule has 2 aliphatic heterocycles. The van der Waals surface area contributed by atoms with Crippen molar-refractivity contribution in [2.45, 2.75) is 19.8 Å². The molecule has 0 aromatic rings. The summed E-state index contributed by atoms with van der Waals surface area (Å²) in [6.45, 7) is 5.48. The van der Waals surface area contributed by atoms with Gasteiger partial charge in [-0.1, -0.05) is 6.92 Å². The second-order valence-corrected chi connectivity index (χ2v) is 4.32. The Balaban J connectivity index is 1.89. The van der Waals surface area contributed by atoms with Gasteiger partial charge in [0.05, 0.1) is 19.1 Å². The Morgan fingerprint density at radius 2 is 2.36 bits per heavy atom. The molecule has 0 aromatic heterocycles. The van der Waals surface area contributed by atoms with E-state index in [4.69, 9.17) is 4.84 Å². The summed E-state index contributed by atoms with van der Waals surface area (Å²) in [7, 11) is 0. The lowest BCUT2D eigenvalue weighted by Crippen LogP contribution is -2.44. The van der Waals surface area contributed by atoms with Crippen LogP contribution in [0.2, 0.25) is 0 Å². The van der Waals surface area contributed by atoms with Gasteiger partial charge in [-0.15, -0.1) is 0 Å². The fraction of sp³-hybridized carbons (Fsp3) is 0.900. The maximum absolute atomic E-state index is 11.9. The summed E-state index contributed by atoms with van der Waals surface area (Å²) < 4.78 is 0. The predicted octanol–water partition coefficient (Wildman–Crippen LogP) is 0.396. The molecule has 0 saturated carbocycles. The van der Waals surface area contributed by atoms with Gasteiger partial charge in [0.1, 0.15) is 0 Å². The maximum atomic E-state index is 11.9. The van der Waals surface area contributed by atoms with Crippen LogP contribution in [0.4, 0.5) is 0 Å². The van der Waals surface area contributed by atoms with E-state index in [1.165, 1.54) is 0 Å². The molecule has 14 heavy (non-hydrogen) atoms. The number of carbonyl (C=O) groups is 1. The number of piperidine rings is 1. The van der Waals surface area contributed by atoms with Crippen molar-refractivity contribution in [3.05, 3.63) is 0 Å². The first-order valence-corrected chi connectivity index (χ1v) is 5.42. The molecule has 4 heteroatoms. The van der Waals surface area contributed by atoms with Crippen molar-refractivity contribution in [2.75, 3.05) is 26.2 Å². The summed E-state index contributed by atoms with van der Waals surface area (Å²) in [6.07, 6.45) is 1.97. The molecule has 4 nitrogen and oxygen atoms in total. The van der Waals surface area contributed by atoms with Gasteiger partial charge in [0.2, 0.25) is 0 Å². The highest BCUT2D eigenvalue weighted by Crippen LogP contribution is 2.19. The van der Waals surface area contributed by atoms with Crippen LogP contribution in [0.15, 0.2) is 0 Å². The predicted molar refractivity (Wildman–Crippen MR) is 52.4 cm³/mol. The van der Waals surface area contributed by atoms with Crippen LogP contribution >= 0.6 is 0 Å². The largest absolute Gasteiger partial charge is 0.316 e. The first-order chi connectivity index (χ1) is 6.77. The normalized spacial score (nSPS) is 33.4. The van der Waals surface area contributed by atoms with Gasteiger partial charge in [0.15, 0.2) is 0 Å². The molecule has 2 unspecified atom stereocenters. The van der Waals surface area contributed by atoms with Crippen LogP contribution in [-0.2, 0) is 9.63 Å². The lowest BCUT2D eigenvalue weighted by atomic mass is 9.91. The van der Waals surface area contributed by atoms with Crippen molar-refractivity contribution in [3.8, 4) is 0 Å². The SMILES string of the molecule is CC1CNCC(C(=O)N2CCCO2)C1. The van der Waals surface area contributed by atoms with E-state index < -0.39 is 0 Å². The zero-order valence-electron chi connectivity index (χ0n) is 8.66. The van der Waals surface area contributed by atoms with Crippen LogP contribution in [0, 0.1) is 11.8 Å². The Bertz CT molecular complexity index is 214. The van der Waals surface area contributed by atoms with Gasteiger partial charge in [0, 0.05) is 6.54 Å². The van der Waals surface area contributed by atoms with Crippen LogP contribution in [0.25, 0.3) is 0 Å². The molecule has 0 bridgehead atoms. The van der Waals surface area contributed by atoms with Gasteiger partial charge in [-0.25, -0.2) is 5.06 Å². The first-order valence-electron chi connectivity index (χ1n) is 5.42. The highest BCUT2D eigenvalue weighted by atomic mass is 16.7. The fourth-order valence-electron chi connectivity index (χ4n) is 2.17. The molecule has 2 saturated heterocycles. The van der Waals surface area contributed by atoms with E-state index in [1.54, 1.807) is 5.06 Å². The minimum Gasteiger partial charge on any atom is -0.316 e. The van der Waals surface area contributed by atoms with Gasteiger partial charge >= 0.3 is 0 Å². The minimum absolute atomic E-state index is 0.122. The number of nitrogens with zero attached hydrogens (tertiary/aromatic N) is 1. The Hall–Kier alpha value is -0.610. The average molecular weight is 198 g/mol. The van der Waals surface area contributed by atoms with Crippen LogP contribution in [0.5, 0.6) is 0 Å². The van der Waals surface area contributed by atoms with Crippen molar-refractivity contribution in [1.82, 2.24) is 10.4 Å². The van der Waals surface area contributed by atoms with Crippen molar-refractivity contribution in [3.63, 3.8) is 0 Å². The van der Waals surface area contributed by atoms with Gasteiger partial charge < -0.3 is 5.32 Å². The molecule has 1 N–H and O–H groups in total. The van der Waals surface area contributed by atoms with E-state index in [-0.39, 0.29) is 11.8 Å². The smallest absolute Gasteiger partial charge is 0.250 e. The van der Waals surface area contributed by atoms with E-state index in [0.29, 0.717) is 12.5 Å². The van der Waals surface area contributed by atoms with Crippen LogP contribution in [0.1, 0.15) is 19.8 Å². The molecule has 2 aliphatic rings. The molecule has 0 radical (unpaired) electrons. The Labute approximate surface area is 84.6 Å². The van der Waals surface area contributed by atoms with E-state index in [2.05, 4.69) is 12.2 Å². The van der Waals surface area contributed by atoms with E-state index in [1.807, 2.05) is 0 Å². The Kier molecular flexibility index (Phi) is 3.03. The highest BCUT2D eigenvalue weighted by molar-refractivity contribution is 5.78. The Morgan fingerprint density at radius 1 is 1.50 bits per heavy atom. The van der Waals surface area contributed by atoms with E-state index in [9.17, 15) is 4.79 Å².